The number of hydrogen-bond donors (Lipinski definition) is 1. The Morgan fingerprint density at radius 1 is 1.80 bits per heavy atom. The monoisotopic (exact) mass is 213 g/mol. The number of carboxylic acid groups (broad SMARTS) is 1. The van der Waals surface area contributed by atoms with E-state index in [0.29, 0.717) is 0 Å². The Labute approximate surface area is 71.1 Å². The van der Waals surface area contributed by atoms with E-state index < -0.39 is 5.97 Å². The van der Waals surface area contributed by atoms with Gasteiger partial charge in [-0.15, -0.1) is 0 Å². The van der Waals surface area contributed by atoms with Crippen LogP contribution in [0.4, 0.5) is 0 Å². The maximum absolute atomic E-state index is 9.00. The molecular weight excluding hydrogens is 208 g/mol. The standard InChI is InChI=1S/C2H4O2.Eu/c1-2(3)4;/h1H3,(H,3,4);. The van der Waals surface area contributed by atoms with Gasteiger partial charge in [-0.2, -0.15) is 0 Å². The van der Waals surface area contributed by atoms with Gasteiger partial charge >= 0.3 is 0 Å². The second-order valence-electron chi connectivity index (χ2n) is 0.519. The zero-order chi connectivity index (χ0) is 3.58. The van der Waals surface area contributed by atoms with Gasteiger partial charge in [0.25, 0.3) is 5.97 Å². The van der Waals surface area contributed by atoms with E-state index in [9.17, 15) is 0 Å². The summed E-state index contributed by atoms with van der Waals surface area (Å²) in [5.74, 6) is -0.833. The molecule has 0 aromatic rings. The van der Waals surface area contributed by atoms with Gasteiger partial charge in [0.15, 0.2) is 0 Å². The van der Waals surface area contributed by atoms with Crippen LogP contribution < -0.4 is 0 Å². The molecule has 0 rings (SSSR count). The predicted octanol–water partition coefficient (Wildman–Crippen LogP) is 0.0909. The van der Waals surface area contributed by atoms with Gasteiger partial charge in [0.2, 0.25) is 0 Å². The summed E-state index contributed by atoms with van der Waals surface area (Å²) in [4.78, 5) is 9.00. The fourth-order valence-electron chi connectivity index (χ4n) is 0. The minimum absolute atomic E-state index is 0. The Hall–Kier alpha value is 1.05. The number of carboxylic acids is 1. The molecule has 0 unspecified atom stereocenters. The second kappa shape index (κ2) is 5.05. The molecule has 0 amide bonds. The molecule has 0 fully saturated rings. The van der Waals surface area contributed by atoms with Crippen LogP contribution in [-0.4, -0.2) is 11.1 Å². The molecule has 5 heavy (non-hydrogen) atoms. The fourth-order valence-corrected chi connectivity index (χ4v) is 0. The fraction of sp³-hybridized carbons (Fsp3) is 0.500. The minimum atomic E-state index is -0.833. The third-order valence-electron chi connectivity index (χ3n) is 0. The van der Waals surface area contributed by atoms with Crippen molar-refractivity contribution in [3.8, 4) is 0 Å². The van der Waals surface area contributed by atoms with Crippen LogP contribution in [0.3, 0.4) is 0 Å². The third-order valence-corrected chi connectivity index (χ3v) is 0. The molecule has 0 heterocycles. The van der Waals surface area contributed by atoms with Crippen molar-refractivity contribution in [1.29, 1.82) is 0 Å². The zero-order valence-electron chi connectivity index (χ0n) is 2.73. The van der Waals surface area contributed by atoms with Crippen LogP contribution in [0.1, 0.15) is 6.92 Å². The number of aliphatic carboxylic acids is 1. The first-order valence-corrected chi connectivity index (χ1v) is 0.928. The number of carbonyl (C=O) groups is 1. The Kier molecular flexibility index (Phi) is 9.51. The first-order valence-electron chi connectivity index (χ1n) is 0.928. The summed E-state index contributed by atoms with van der Waals surface area (Å²) < 4.78 is 0. The second-order valence-corrected chi connectivity index (χ2v) is 0.519. The molecule has 0 atom stereocenters. The maximum atomic E-state index is 9.00. The SMILES string of the molecule is CC(=O)O.[Eu]. The molecule has 31 valence electrons. The summed E-state index contributed by atoms with van der Waals surface area (Å²) >= 11 is 0. The number of rotatable bonds is 0. The summed E-state index contributed by atoms with van der Waals surface area (Å²) in [7, 11) is 0. The van der Waals surface area contributed by atoms with Gasteiger partial charge in [0, 0.05) is 56.3 Å². The molecular formula is C2H4EuO2. The first kappa shape index (κ1) is 9.41. The summed E-state index contributed by atoms with van der Waals surface area (Å²) in [5.41, 5.74) is 0. The van der Waals surface area contributed by atoms with Gasteiger partial charge in [-0.05, 0) is 0 Å². The van der Waals surface area contributed by atoms with E-state index in [-0.39, 0.29) is 49.4 Å². The van der Waals surface area contributed by atoms with E-state index in [1.165, 1.54) is 0 Å². The maximum Gasteiger partial charge on any atom is 0.300 e. The average Bonchev–Trinajstić information content (AvgIpc) is 0.811. The van der Waals surface area contributed by atoms with Crippen molar-refractivity contribution >= 4 is 5.97 Å². The van der Waals surface area contributed by atoms with Gasteiger partial charge < -0.3 is 5.11 Å². The van der Waals surface area contributed by atoms with Crippen LogP contribution in [0.5, 0.6) is 0 Å². The van der Waals surface area contributed by atoms with Crippen molar-refractivity contribution < 1.29 is 59.3 Å². The summed E-state index contributed by atoms with van der Waals surface area (Å²) in [6.45, 7) is 1.08. The molecule has 0 aromatic heterocycles. The topological polar surface area (TPSA) is 37.3 Å². The molecule has 1 N–H and O–H groups in total. The van der Waals surface area contributed by atoms with E-state index >= 15 is 0 Å². The van der Waals surface area contributed by atoms with E-state index in [0.717, 1.165) is 6.92 Å². The van der Waals surface area contributed by atoms with Crippen molar-refractivity contribution in [3.05, 3.63) is 0 Å². The van der Waals surface area contributed by atoms with Crippen LogP contribution in [0.15, 0.2) is 0 Å². The molecule has 0 aliphatic rings. The molecule has 3 heteroatoms. The third kappa shape index (κ3) is 42.4. The predicted molar refractivity (Wildman–Crippen MR) is 13.3 cm³/mol. The van der Waals surface area contributed by atoms with Crippen LogP contribution in [0, 0.1) is 49.4 Å². The molecule has 1 radical (unpaired) electrons. The van der Waals surface area contributed by atoms with Gasteiger partial charge in [-0.1, -0.05) is 0 Å². The summed E-state index contributed by atoms with van der Waals surface area (Å²) in [6, 6.07) is 0. The molecule has 2 nitrogen and oxygen atoms in total. The van der Waals surface area contributed by atoms with Crippen molar-refractivity contribution in [2.75, 3.05) is 0 Å². The smallest absolute Gasteiger partial charge is 0.300 e. The van der Waals surface area contributed by atoms with Crippen molar-refractivity contribution in [1.82, 2.24) is 0 Å². The van der Waals surface area contributed by atoms with Crippen molar-refractivity contribution in [2.45, 2.75) is 6.92 Å². The van der Waals surface area contributed by atoms with Crippen molar-refractivity contribution in [2.24, 2.45) is 0 Å². The van der Waals surface area contributed by atoms with E-state index in [1.54, 1.807) is 0 Å². The quantitative estimate of drug-likeness (QED) is 0.617. The normalized spacial score (nSPS) is 5.00. The Morgan fingerprint density at radius 2 is 1.80 bits per heavy atom. The molecule has 0 aliphatic carbocycles. The molecule has 0 aliphatic heterocycles. The molecule has 0 bridgehead atoms. The van der Waals surface area contributed by atoms with Crippen LogP contribution >= 0.6 is 0 Å². The largest absolute Gasteiger partial charge is 0.481 e. The molecule has 0 aromatic carbocycles. The van der Waals surface area contributed by atoms with E-state index in [2.05, 4.69) is 0 Å². The molecule has 0 saturated carbocycles. The molecule has 0 spiro atoms. The minimum Gasteiger partial charge on any atom is -0.481 e. The summed E-state index contributed by atoms with van der Waals surface area (Å²) in [5, 5.41) is 7.42. The number of hydrogen-bond acceptors (Lipinski definition) is 1. The molecule has 0 saturated heterocycles. The van der Waals surface area contributed by atoms with Gasteiger partial charge in [-0.3, -0.25) is 4.79 Å². The van der Waals surface area contributed by atoms with Crippen molar-refractivity contribution in [3.63, 3.8) is 0 Å². The van der Waals surface area contributed by atoms with E-state index in [4.69, 9.17) is 9.90 Å². The zero-order valence-corrected chi connectivity index (χ0v) is 5.16. The Balaban J connectivity index is 0. The average molecular weight is 212 g/mol. The Morgan fingerprint density at radius 3 is 1.80 bits per heavy atom. The summed E-state index contributed by atoms with van der Waals surface area (Å²) in [6.07, 6.45) is 0. The van der Waals surface area contributed by atoms with Crippen LogP contribution in [-0.2, 0) is 4.79 Å². The Bertz CT molecular complexity index is 30.6. The van der Waals surface area contributed by atoms with Gasteiger partial charge in [-0.25, -0.2) is 0 Å². The van der Waals surface area contributed by atoms with Gasteiger partial charge in [0.05, 0.1) is 0 Å². The van der Waals surface area contributed by atoms with Crippen LogP contribution in [0.25, 0.3) is 0 Å². The van der Waals surface area contributed by atoms with Crippen LogP contribution in [0.2, 0.25) is 0 Å². The van der Waals surface area contributed by atoms with Gasteiger partial charge in [0.1, 0.15) is 0 Å². The van der Waals surface area contributed by atoms with E-state index in [1.807, 2.05) is 0 Å². The first-order chi connectivity index (χ1) is 1.73.